The van der Waals surface area contributed by atoms with Crippen molar-refractivity contribution >= 4 is 40.0 Å². The van der Waals surface area contributed by atoms with Gasteiger partial charge in [-0.05, 0) is 0 Å². The highest BCUT2D eigenvalue weighted by Gasteiger charge is 2.17. The summed E-state index contributed by atoms with van der Waals surface area (Å²) >= 11 is 0. The van der Waals surface area contributed by atoms with E-state index in [4.69, 9.17) is 5.73 Å². The highest BCUT2D eigenvalue weighted by atomic mass is 127. The first-order chi connectivity index (χ1) is 7.35. The van der Waals surface area contributed by atoms with E-state index in [-0.39, 0.29) is 36.3 Å². The van der Waals surface area contributed by atoms with Crippen molar-refractivity contribution in [3.8, 4) is 0 Å². The van der Waals surface area contributed by atoms with Crippen molar-refractivity contribution in [1.82, 2.24) is 9.21 Å². The molecular weight excluding hydrogens is 355 g/mol. The van der Waals surface area contributed by atoms with Gasteiger partial charge in [0.1, 0.15) is 0 Å². The van der Waals surface area contributed by atoms with Gasteiger partial charge >= 0.3 is 0 Å². The van der Waals surface area contributed by atoms with Crippen molar-refractivity contribution in [2.75, 3.05) is 39.5 Å². The molecule has 0 aromatic rings. The standard InChI is InChI=1S/C9H22N4O2S.HI/c1-5-13(6-2)16(14,15)8-7-11-9(10)12(3)4;/h5-8H2,1-4H3,(H2,10,11);1H. The van der Waals surface area contributed by atoms with E-state index in [0.717, 1.165) is 0 Å². The van der Waals surface area contributed by atoms with Gasteiger partial charge in [-0.2, -0.15) is 0 Å². The molecule has 2 N–H and O–H groups in total. The van der Waals surface area contributed by atoms with Gasteiger partial charge in [-0.15, -0.1) is 24.0 Å². The number of guanidine groups is 1. The van der Waals surface area contributed by atoms with Crippen LogP contribution in [-0.4, -0.2) is 63.1 Å². The topological polar surface area (TPSA) is 79.0 Å². The molecule has 0 spiro atoms. The SMILES string of the molecule is CCN(CC)S(=O)(=O)CCN=C(N)N(C)C.I. The summed E-state index contributed by atoms with van der Waals surface area (Å²) in [7, 11) is 0.332. The Labute approximate surface area is 121 Å². The first kappa shape index (κ1) is 19.3. The van der Waals surface area contributed by atoms with Crippen LogP contribution in [0.1, 0.15) is 13.8 Å². The van der Waals surface area contributed by atoms with Crippen molar-refractivity contribution in [3.05, 3.63) is 0 Å². The highest BCUT2D eigenvalue weighted by molar-refractivity contribution is 14.0. The molecule has 0 aliphatic rings. The predicted molar refractivity (Wildman–Crippen MR) is 82.3 cm³/mol. The molecular formula is C9H23IN4O2S. The van der Waals surface area contributed by atoms with Crippen LogP contribution in [0.4, 0.5) is 0 Å². The van der Waals surface area contributed by atoms with Crippen LogP contribution in [0.2, 0.25) is 0 Å². The Morgan fingerprint density at radius 3 is 2.06 bits per heavy atom. The molecule has 0 aliphatic heterocycles. The summed E-state index contributed by atoms with van der Waals surface area (Å²) in [5, 5.41) is 0. The molecule has 0 radical (unpaired) electrons. The summed E-state index contributed by atoms with van der Waals surface area (Å²) in [6.07, 6.45) is 0. The Morgan fingerprint density at radius 1 is 1.24 bits per heavy atom. The molecule has 104 valence electrons. The third-order valence-electron chi connectivity index (χ3n) is 2.18. The molecule has 17 heavy (non-hydrogen) atoms. The molecule has 8 heteroatoms. The normalized spacial score (nSPS) is 12.4. The second-order valence-corrected chi connectivity index (χ2v) is 5.62. The lowest BCUT2D eigenvalue weighted by molar-refractivity contribution is 0.445. The minimum absolute atomic E-state index is 0. The van der Waals surface area contributed by atoms with Crippen molar-refractivity contribution in [3.63, 3.8) is 0 Å². The van der Waals surface area contributed by atoms with E-state index in [9.17, 15) is 8.42 Å². The number of aliphatic imine (C=N–C) groups is 1. The Balaban J connectivity index is 0. The van der Waals surface area contributed by atoms with Gasteiger partial charge in [-0.25, -0.2) is 12.7 Å². The van der Waals surface area contributed by atoms with Crippen LogP contribution in [0.3, 0.4) is 0 Å². The van der Waals surface area contributed by atoms with Crippen molar-refractivity contribution < 1.29 is 8.42 Å². The van der Waals surface area contributed by atoms with Gasteiger partial charge in [-0.3, -0.25) is 4.99 Å². The fourth-order valence-electron chi connectivity index (χ4n) is 1.16. The van der Waals surface area contributed by atoms with E-state index in [2.05, 4.69) is 4.99 Å². The van der Waals surface area contributed by atoms with Crippen LogP contribution in [0, 0.1) is 0 Å². The molecule has 0 aliphatic carbocycles. The quantitative estimate of drug-likeness (QED) is 0.406. The van der Waals surface area contributed by atoms with Crippen molar-refractivity contribution in [1.29, 1.82) is 0 Å². The second kappa shape index (κ2) is 8.92. The Morgan fingerprint density at radius 2 is 1.71 bits per heavy atom. The van der Waals surface area contributed by atoms with Crippen LogP contribution in [0.25, 0.3) is 0 Å². The Hall–Kier alpha value is -0.0900. The summed E-state index contributed by atoms with van der Waals surface area (Å²) in [6.45, 7) is 4.82. The third kappa shape index (κ3) is 7.04. The molecule has 0 saturated heterocycles. The lowest BCUT2D eigenvalue weighted by Crippen LogP contribution is -2.35. The zero-order valence-electron chi connectivity index (χ0n) is 10.9. The summed E-state index contributed by atoms with van der Waals surface area (Å²) in [5.41, 5.74) is 5.55. The number of nitrogens with zero attached hydrogens (tertiary/aromatic N) is 3. The van der Waals surface area contributed by atoms with E-state index in [1.807, 2.05) is 13.8 Å². The van der Waals surface area contributed by atoms with Gasteiger partial charge < -0.3 is 10.6 Å². The summed E-state index contributed by atoms with van der Waals surface area (Å²) in [6, 6.07) is 0. The van der Waals surface area contributed by atoms with Crippen LogP contribution in [0.5, 0.6) is 0 Å². The molecule has 0 unspecified atom stereocenters. The summed E-state index contributed by atoms with van der Waals surface area (Å²) in [4.78, 5) is 5.62. The monoisotopic (exact) mass is 378 g/mol. The van der Waals surface area contributed by atoms with Gasteiger partial charge in [0.2, 0.25) is 10.0 Å². The molecule has 0 heterocycles. The van der Waals surface area contributed by atoms with Crippen LogP contribution in [-0.2, 0) is 10.0 Å². The first-order valence-corrected chi connectivity index (χ1v) is 6.91. The average Bonchev–Trinajstić information content (AvgIpc) is 2.18. The average molecular weight is 378 g/mol. The minimum atomic E-state index is -3.19. The molecule has 0 bridgehead atoms. The van der Waals surface area contributed by atoms with Gasteiger partial charge in [0, 0.05) is 27.2 Å². The zero-order valence-corrected chi connectivity index (χ0v) is 14.0. The molecule has 0 fully saturated rings. The third-order valence-corrected chi connectivity index (χ3v) is 4.18. The van der Waals surface area contributed by atoms with Gasteiger partial charge in [-0.1, -0.05) is 13.8 Å². The lowest BCUT2D eigenvalue weighted by Gasteiger charge is -2.17. The van der Waals surface area contributed by atoms with Gasteiger partial charge in [0.25, 0.3) is 0 Å². The number of sulfonamides is 1. The number of rotatable bonds is 6. The van der Waals surface area contributed by atoms with Crippen molar-refractivity contribution in [2.24, 2.45) is 10.7 Å². The second-order valence-electron chi connectivity index (χ2n) is 3.53. The maximum Gasteiger partial charge on any atom is 0.215 e. The molecule has 0 aromatic heterocycles. The van der Waals surface area contributed by atoms with E-state index in [1.54, 1.807) is 19.0 Å². The van der Waals surface area contributed by atoms with Gasteiger partial charge in [0.15, 0.2) is 5.96 Å². The molecule has 0 rings (SSSR count). The number of hydrogen-bond acceptors (Lipinski definition) is 3. The predicted octanol–water partition coefficient (Wildman–Crippen LogP) is 0.152. The Bertz CT molecular complexity index is 326. The number of hydrogen-bond donors (Lipinski definition) is 1. The minimum Gasteiger partial charge on any atom is -0.370 e. The molecule has 0 amide bonds. The fraction of sp³-hybridized carbons (Fsp3) is 0.889. The van der Waals surface area contributed by atoms with E-state index >= 15 is 0 Å². The molecule has 0 aromatic carbocycles. The van der Waals surface area contributed by atoms with Crippen LogP contribution in [0.15, 0.2) is 4.99 Å². The lowest BCUT2D eigenvalue weighted by atomic mass is 10.7. The maximum absolute atomic E-state index is 11.7. The zero-order chi connectivity index (χ0) is 12.8. The van der Waals surface area contributed by atoms with Gasteiger partial charge in [0.05, 0.1) is 12.3 Å². The maximum atomic E-state index is 11.7. The largest absolute Gasteiger partial charge is 0.370 e. The fourth-order valence-corrected chi connectivity index (χ4v) is 2.53. The molecule has 0 atom stereocenters. The van der Waals surface area contributed by atoms with Crippen LogP contribution < -0.4 is 5.73 Å². The van der Waals surface area contributed by atoms with E-state index < -0.39 is 10.0 Å². The van der Waals surface area contributed by atoms with E-state index in [1.165, 1.54) is 4.31 Å². The highest BCUT2D eigenvalue weighted by Crippen LogP contribution is 2.00. The molecule has 0 saturated carbocycles. The van der Waals surface area contributed by atoms with E-state index in [0.29, 0.717) is 19.0 Å². The number of nitrogens with two attached hydrogens (primary N) is 1. The number of halogens is 1. The summed E-state index contributed by atoms with van der Waals surface area (Å²) < 4.78 is 24.9. The summed E-state index contributed by atoms with van der Waals surface area (Å²) in [5.74, 6) is 0.346. The Kier molecular flexibility index (Phi) is 10.1. The van der Waals surface area contributed by atoms with Crippen LogP contribution >= 0.6 is 24.0 Å². The van der Waals surface area contributed by atoms with Crippen molar-refractivity contribution in [2.45, 2.75) is 13.8 Å². The molecule has 6 nitrogen and oxygen atoms in total. The first-order valence-electron chi connectivity index (χ1n) is 5.30. The smallest absolute Gasteiger partial charge is 0.215 e.